The summed E-state index contributed by atoms with van der Waals surface area (Å²) in [5.41, 5.74) is 3.52. The molecule has 0 N–H and O–H groups in total. The second-order valence-corrected chi connectivity index (χ2v) is 9.38. The predicted molar refractivity (Wildman–Crippen MR) is 136 cm³/mol. The predicted octanol–water partition coefficient (Wildman–Crippen LogP) is 6.77. The Balaban J connectivity index is 1.97. The maximum Gasteiger partial charge on any atom is 0.136 e. The minimum Gasteiger partial charge on any atom is -0.496 e. The third-order valence-electron chi connectivity index (χ3n) is 5.14. The van der Waals surface area contributed by atoms with Crippen LogP contribution < -0.4 is 9.64 Å². The number of thioether (sulfide) groups is 1. The zero-order valence-electron chi connectivity index (χ0n) is 18.0. The fourth-order valence-electron chi connectivity index (χ4n) is 3.82. The molecule has 0 spiro atoms. The summed E-state index contributed by atoms with van der Waals surface area (Å²) in [5.74, 6) is 1.65. The minimum absolute atomic E-state index is 0.428. The average molecular weight is 508 g/mol. The number of benzene rings is 2. The lowest BCUT2D eigenvalue weighted by molar-refractivity contribution is 0.411. The molecule has 0 aliphatic carbocycles. The highest BCUT2D eigenvalue weighted by Gasteiger charge is 2.25. The van der Waals surface area contributed by atoms with E-state index in [2.05, 4.69) is 4.98 Å². The summed E-state index contributed by atoms with van der Waals surface area (Å²) in [4.78, 5) is 6.64. The number of anilines is 1. The number of pyridine rings is 1. The molecule has 32 heavy (non-hydrogen) atoms. The SMILES string of the molecule is COc1ccc2cccnc2c1Cc1c(SC)nn(-c2c(Cl)cc(Cl)cc2Cl)c1N(C)C. The maximum absolute atomic E-state index is 6.55. The number of nitrogens with zero attached hydrogens (tertiary/aromatic N) is 4. The molecule has 0 aliphatic heterocycles. The standard InChI is InChI=1S/C23H21Cl3N4OS/c1-29(2)23-16(12-15-19(31-3)8-7-13-6-5-9-27-20(13)15)22(32-4)28-30(23)21-17(25)10-14(24)11-18(21)26/h5-11H,12H2,1-4H3. The Morgan fingerprint density at radius 1 is 1.06 bits per heavy atom. The molecule has 2 aromatic heterocycles. The smallest absolute Gasteiger partial charge is 0.136 e. The quantitative estimate of drug-likeness (QED) is 0.269. The number of hydrogen-bond acceptors (Lipinski definition) is 5. The zero-order chi connectivity index (χ0) is 23.0. The summed E-state index contributed by atoms with van der Waals surface area (Å²) in [5, 5.41) is 8.11. The fraction of sp³-hybridized carbons (Fsp3) is 0.217. The van der Waals surface area contributed by atoms with E-state index in [1.165, 1.54) is 0 Å². The molecule has 0 aliphatic rings. The Morgan fingerprint density at radius 2 is 1.78 bits per heavy atom. The monoisotopic (exact) mass is 506 g/mol. The van der Waals surface area contributed by atoms with E-state index in [0.29, 0.717) is 27.2 Å². The van der Waals surface area contributed by atoms with Gasteiger partial charge in [0.05, 0.1) is 22.7 Å². The van der Waals surface area contributed by atoms with Gasteiger partial charge < -0.3 is 9.64 Å². The molecule has 2 aromatic carbocycles. The van der Waals surface area contributed by atoms with E-state index < -0.39 is 0 Å². The lowest BCUT2D eigenvalue weighted by atomic mass is 10.0. The van der Waals surface area contributed by atoms with E-state index in [0.717, 1.165) is 38.6 Å². The Labute approximate surface area is 206 Å². The summed E-state index contributed by atoms with van der Waals surface area (Å²) in [7, 11) is 5.61. The molecule has 9 heteroatoms. The molecule has 0 unspecified atom stereocenters. The highest BCUT2D eigenvalue weighted by atomic mass is 35.5. The molecule has 0 amide bonds. The molecule has 4 rings (SSSR count). The van der Waals surface area contributed by atoms with Crippen molar-refractivity contribution < 1.29 is 4.74 Å². The number of aromatic nitrogens is 3. The van der Waals surface area contributed by atoms with Gasteiger partial charge in [0.25, 0.3) is 0 Å². The van der Waals surface area contributed by atoms with E-state index >= 15 is 0 Å². The first-order valence-electron chi connectivity index (χ1n) is 9.74. The van der Waals surface area contributed by atoms with Crippen LogP contribution >= 0.6 is 46.6 Å². The molecule has 0 saturated heterocycles. The summed E-state index contributed by atoms with van der Waals surface area (Å²) in [6, 6.07) is 11.3. The number of hydrogen-bond donors (Lipinski definition) is 0. The second-order valence-electron chi connectivity index (χ2n) is 7.33. The van der Waals surface area contributed by atoms with E-state index in [1.807, 2.05) is 49.5 Å². The van der Waals surface area contributed by atoms with E-state index in [1.54, 1.807) is 41.9 Å². The highest BCUT2D eigenvalue weighted by molar-refractivity contribution is 7.98. The van der Waals surface area contributed by atoms with Gasteiger partial charge in [-0.25, -0.2) is 4.68 Å². The first-order valence-corrected chi connectivity index (χ1v) is 12.1. The summed E-state index contributed by atoms with van der Waals surface area (Å²) in [6.07, 6.45) is 4.37. The van der Waals surface area contributed by atoms with E-state index in [-0.39, 0.29) is 0 Å². The number of halogens is 3. The van der Waals surface area contributed by atoms with Gasteiger partial charge in [-0.05, 0) is 36.6 Å². The highest BCUT2D eigenvalue weighted by Crippen LogP contribution is 2.40. The first kappa shape index (κ1) is 23.1. The van der Waals surface area contributed by atoms with E-state index in [9.17, 15) is 0 Å². The molecule has 0 fully saturated rings. The van der Waals surface area contributed by atoms with Crippen molar-refractivity contribution >= 4 is 63.3 Å². The molecule has 4 aromatic rings. The van der Waals surface area contributed by atoms with Gasteiger partial charge in [-0.1, -0.05) is 40.9 Å². The largest absolute Gasteiger partial charge is 0.496 e. The lowest BCUT2D eigenvalue weighted by Gasteiger charge is -2.19. The van der Waals surface area contributed by atoms with E-state index in [4.69, 9.17) is 44.6 Å². The number of rotatable bonds is 6. The van der Waals surface area contributed by atoms with Crippen LogP contribution in [0.15, 0.2) is 47.6 Å². The zero-order valence-corrected chi connectivity index (χ0v) is 21.1. The third kappa shape index (κ3) is 4.13. The summed E-state index contributed by atoms with van der Waals surface area (Å²) in [6.45, 7) is 0. The van der Waals surface area contributed by atoms with Crippen molar-refractivity contribution in [3.8, 4) is 11.4 Å². The van der Waals surface area contributed by atoms with Crippen LogP contribution in [0, 0.1) is 0 Å². The first-order chi connectivity index (χ1) is 15.3. The van der Waals surface area contributed by atoms with Crippen LogP contribution in [0.1, 0.15) is 11.1 Å². The minimum atomic E-state index is 0.428. The molecule has 166 valence electrons. The van der Waals surface area contributed by atoms with Crippen LogP contribution in [-0.2, 0) is 6.42 Å². The molecule has 0 bridgehead atoms. The molecule has 0 saturated carbocycles. The van der Waals surface area contributed by atoms with Gasteiger partial charge in [0.2, 0.25) is 0 Å². The van der Waals surface area contributed by atoms with Gasteiger partial charge in [0.15, 0.2) is 0 Å². The van der Waals surface area contributed by atoms with Gasteiger partial charge in [-0.2, -0.15) is 5.10 Å². The van der Waals surface area contributed by atoms with Gasteiger partial charge >= 0.3 is 0 Å². The molecule has 2 heterocycles. The van der Waals surface area contributed by atoms with Crippen molar-refractivity contribution in [1.82, 2.24) is 14.8 Å². The summed E-state index contributed by atoms with van der Waals surface area (Å²) < 4.78 is 7.48. The maximum atomic E-state index is 6.55. The molecular formula is C23H21Cl3N4OS. The fourth-order valence-corrected chi connectivity index (χ4v) is 5.37. The average Bonchev–Trinajstić information content (AvgIpc) is 3.11. The van der Waals surface area contributed by atoms with Gasteiger partial charge in [0, 0.05) is 48.2 Å². The number of ether oxygens (including phenoxy) is 1. The van der Waals surface area contributed by atoms with Gasteiger partial charge in [-0.3, -0.25) is 4.98 Å². The second kappa shape index (κ2) is 9.40. The van der Waals surface area contributed by atoms with Crippen LogP contribution in [0.5, 0.6) is 5.75 Å². The van der Waals surface area contributed by atoms with Crippen LogP contribution in [-0.4, -0.2) is 42.2 Å². The van der Waals surface area contributed by atoms with Crippen molar-refractivity contribution in [1.29, 1.82) is 0 Å². The van der Waals surface area contributed by atoms with Crippen molar-refractivity contribution in [2.24, 2.45) is 0 Å². The van der Waals surface area contributed by atoms with Crippen LogP contribution in [0.2, 0.25) is 15.1 Å². The van der Waals surface area contributed by atoms with Crippen LogP contribution in [0.25, 0.3) is 16.6 Å². The Bertz CT molecular complexity index is 1280. The van der Waals surface area contributed by atoms with Crippen molar-refractivity contribution in [3.63, 3.8) is 0 Å². The molecule has 5 nitrogen and oxygen atoms in total. The number of methoxy groups -OCH3 is 1. The van der Waals surface area contributed by atoms with Gasteiger partial charge in [0.1, 0.15) is 22.3 Å². The van der Waals surface area contributed by atoms with Crippen molar-refractivity contribution in [2.75, 3.05) is 32.4 Å². The number of fused-ring (bicyclic) bond motifs is 1. The van der Waals surface area contributed by atoms with Crippen LogP contribution in [0.3, 0.4) is 0 Å². The third-order valence-corrected chi connectivity index (χ3v) is 6.65. The lowest BCUT2D eigenvalue weighted by Crippen LogP contribution is -2.16. The Hall–Kier alpha value is -2.12. The van der Waals surface area contributed by atoms with Crippen molar-refractivity contribution in [2.45, 2.75) is 11.4 Å². The Kier molecular flexibility index (Phi) is 6.77. The Morgan fingerprint density at radius 3 is 2.41 bits per heavy atom. The topological polar surface area (TPSA) is 43.2 Å². The summed E-state index contributed by atoms with van der Waals surface area (Å²) >= 11 is 20.8. The molecule has 0 atom stereocenters. The molecule has 0 radical (unpaired) electrons. The van der Waals surface area contributed by atoms with Crippen LogP contribution in [0.4, 0.5) is 5.82 Å². The van der Waals surface area contributed by atoms with Gasteiger partial charge in [-0.15, -0.1) is 11.8 Å². The normalized spacial score (nSPS) is 11.2. The molecular weight excluding hydrogens is 487 g/mol. The van der Waals surface area contributed by atoms with Crippen molar-refractivity contribution in [3.05, 3.63) is 68.8 Å².